The van der Waals surface area contributed by atoms with Crippen LogP contribution < -0.4 is 14.9 Å². The van der Waals surface area contributed by atoms with Gasteiger partial charge in [-0.25, -0.2) is 4.79 Å². The number of aliphatic carboxylic acids is 1. The first-order valence-corrected chi connectivity index (χ1v) is 18.7. The number of hydrogen-bond donors (Lipinski definition) is 5. The first kappa shape index (κ1) is 45.6. The molecule has 268 valence electrons. The number of hydrogen-bond acceptors (Lipinski definition) is 10. The fourth-order valence-electron chi connectivity index (χ4n) is 2.73. The van der Waals surface area contributed by atoms with Crippen molar-refractivity contribution in [3.05, 3.63) is 89.3 Å². The number of nitrogens with zero attached hydrogens (tertiary/aromatic N) is 2. The van der Waals surface area contributed by atoms with Gasteiger partial charge in [0.05, 0.1) is 67.7 Å². The number of nitro groups is 1. The normalized spacial score (nSPS) is 11.6. The van der Waals surface area contributed by atoms with Crippen LogP contribution in [0.25, 0.3) is 0 Å². The zero-order valence-electron chi connectivity index (χ0n) is 25.2. The van der Waals surface area contributed by atoms with E-state index in [0.717, 1.165) is 30.3 Å². The van der Waals surface area contributed by atoms with Gasteiger partial charge in [0.15, 0.2) is 0 Å². The van der Waals surface area contributed by atoms with Crippen LogP contribution in [0.5, 0.6) is 17.2 Å². The molecule has 0 saturated carbocycles. The number of nitro benzene ring substituents is 1. The van der Waals surface area contributed by atoms with Crippen LogP contribution in [0.3, 0.4) is 0 Å². The summed E-state index contributed by atoms with van der Waals surface area (Å²) in [5, 5.41) is 47.1. The summed E-state index contributed by atoms with van der Waals surface area (Å²) in [7, 11) is -3.71. The van der Waals surface area contributed by atoms with Gasteiger partial charge in [0.2, 0.25) is 0 Å². The quantitative estimate of drug-likeness (QED) is 0.0733. The van der Waals surface area contributed by atoms with Crippen LogP contribution in [0.4, 0.5) is 18.9 Å². The number of aromatic hydroxyl groups is 1. The number of alkyl halides is 3. The predicted octanol–water partition coefficient (Wildman–Crippen LogP) is 6.20. The fourth-order valence-corrected chi connectivity index (χ4v) is 4.53. The topological polar surface area (TPSA) is 243 Å². The number of rotatable bonds is 8. The Kier molecular flexibility index (Phi) is 19.5. The molecule has 3 aromatic carbocycles. The summed E-state index contributed by atoms with van der Waals surface area (Å²) in [5.41, 5.74) is -1.75. The van der Waals surface area contributed by atoms with Crippen LogP contribution in [0.15, 0.2) is 57.5 Å². The first-order valence-electron chi connectivity index (χ1n) is 12.5. The van der Waals surface area contributed by atoms with Crippen LogP contribution in [0.2, 0.25) is 5.02 Å². The van der Waals surface area contributed by atoms with Crippen LogP contribution in [-0.2, 0) is 26.4 Å². The van der Waals surface area contributed by atoms with Crippen molar-refractivity contribution in [3.63, 3.8) is 0 Å². The highest BCUT2D eigenvalue weighted by Gasteiger charge is 2.31. The van der Waals surface area contributed by atoms with Crippen LogP contribution in [0, 0.1) is 21.4 Å². The summed E-state index contributed by atoms with van der Waals surface area (Å²) in [6.45, 7) is -0.479. The van der Waals surface area contributed by atoms with Crippen molar-refractivity contribution >= 4 is 79.6 Å². The Bertz CT molecular complexity index is 1700. The van der Waals surface area contributed by atoms with Crippen molar-refractivity contribution < 1.29 is 62.1 Å². The second kappa shape index (κ2) is 21.0. The third-order valence-electron chi connectivity index (χ3n) is 4.62. The van der Waals surface area contributed by atoms with Gasteiger partial charge in [-0.15, -0.1) is 0 Å². The lowest BCUT2D eigenvalue weighted by Gasteiger charge is -2.14. The molecular formula is C27H26Br2ClF3N3O11PS. The van der Waals surface area contributed by atoms with E-state index in [2.05, 4.69) is 50.6 Å². The second-order valence-corrected chi connectivity index (χ2v) is 15.4. The van der Waals surface area contributed by atoms with Gasteiger partial charge in [-0.1, -0.05) is 11.6 Å². The molecule has 0 bridgehead atoms. The summed E-state index contributed by atoms with van der Waals surface area (Å²) in [4.78, 5) is 48.7. The van der Waals surface area contributed by atoms with E-state index in [1.54, 1.807) is 12.1 Å². The predicted molar refractivity (Wildman–Crippen MR) is 180 cm³/mol. The molecule has 0 aliphatic rings. The van der Waals surface area contributed by atoms with Gasteiger partial charge in [-0.3, -0.25) is 20.2 Å². The minimum absolute atomic E-state index is 0.115. The van der Waals surface area contributed by atoms with Crippen molar-refractivity contribution in [1.29, 1.82) is 5.26 Å². The number of aromatic carboxylic acids is 1. The van der Waals surface area contributed by atoms with E-state index in [-0.39, 0.29) is 22.3 Å². The first-order chi connectivity index (χ1) is 22.4. The standard InChI is InChI=1S/C14H7ClF3NO5.C7H3Br2NO.C3H8NO5P.C3H9S/c15-10-5-7(14(16,17)18)1-4-12(10)24-8-2-3-11(19(22)23)9(6-8)13(20)21;8-5-1-4(3-10)2-6(9)7(5)11;5-3(6)1-4-2-10(7,8)9;1-4(2)3/h1-6H,(H,20,21);1-2,11H;4H,1-2H2,(H,5,6)(H2,7,8,9);1-3H3/q;;;+1/p-1. The maximum atomic E-state index is 12.6. The molecule has 0 aliphatic heterocycles. The number of nitriles is 1. The average Bonchev–Trinajstić information content (AvgIpc) is 2.95. The fraction of sp³-hybridized carbons (Fsp3) is 0.222. The molecule has 5 N–H and O–H groups in total. The summed E-state index contributed by atoms with van der Waals surface area (Å²) in [5.74, 6) is -2.89. The SMILES string of the molecule is C[S+](C)C.N#Cc1cc(Br)c(O)c(Br)c1.O=C(O)CNCP(=O)([O-])O.O=C(O)c1cc(Oc2ccc(C(F)(F)F)cc2Cl)ccc1[N+](=O)[O-]. The minimum Gasteiger partial charge on any atom is -0.778 e. The molecule has 49 heavy (non-hydrogen) atoms. The van der Waals surface area contributed by atoms with E-state index in [0.29, 0.717) is 31.5 Å². The average molecular weight is 884 g/mol. The summed E-state index contributed by atoms with van der Waals surface area (Å²) >= 11 is 11.9. The largest absolute Gasteiger partial charge is 0.778 e. The Labute approximate surface area is 301 Å². The van der Waals surface area contributed by atoms with E-state index in [9.17, 15) is 47.4 Å². The molecule has 0 saturated heterocycles. The van der Waals surface area contributed by atoms with Gasteiger partial charge in [0.1, 0.15) is 30.4 Å². The maximum absolute atomic E-state index is 12.6. The number of phenols is 1. The molecule has 0 spiro atoms. The van der Waals surface area contributed by atoms with E-state index >= 15 is 0 Å². The Morgan fingerprint density at radius 3 is 2.02 bits per heavy atom. The lowest BCUT2D eigenvalue weighted by molar-refractivity contribution is -0.385. The molecule has 3 rings (SSSR count). The lowest BCUT2D eigenvalue weighted by atomic mass is 10.1. The number of halogens is 6. The van der Waals surface area contributed by atoms with E-state index in [4.69, 9.17) is 36.7 Å². The monoisotopic (exact) mass is 881 g/mol. The molecule has 0 amide bonds. The van der Waals surface area contributed by atoms with Gasteiger partial charge < -0.3 is 34.4 Å². The van der Waals surface area contributed by atoms with Gasteiger partial charge in [0.25, 0.3) is 5.69 Å². The van der Waals surface area contributed by atoms with Crippen molar-refractivity contribution in [2.24, 2.45) is 0 Å². The summed E-state index contributed by atoms with van der Waals surface area (Å²) < 4.78 is 53.9. The van der Waals surface area contributed by atoms with Gasteiger partial charge in [0, 0.05) is 12.1 Å². The molecule has 3 aromatic rings. The van der Waals surface area contributed by atoms with E-state index in [1.165, 1.54) is 0 Å². The minimum atomic E-state index is -4.58. The van der Waals surface area contributed by atoms with Crippen molar-refractivity contribution in [3.8, 4) is 23.3 Å². The van der Waals surface area contributed by atoms with Crippen molar-refractivity contribution in [2.45, 2.75) is 6.18 Å². The zero-order valence-corrected chi connectivity index (χ0v) is 30.8. The third-order valence-corrected chi connectivity index (χ3v) is 6.74. The van der Waals surface area contributed by atoms with E-state index in [1.807, 2.05) is 11.4 Å². The van der Waals surface area contributed by atoms with Gasteiger partial charge in [-0.2, -0.15) is 18.4 Å². The number of carboxylic acid groups (broad SMARTS) is 2. The number of phenolic OH excluding ortho intramolecular Hbond substituents is 1. The highest BCUT2D eigenvalue weighted by molar-refractivity contribution is 9.11. The zero-order chi connectivity index (χ0) is 38.3. The molecule has 0 aliphatic carbocycles. The van der Waals surface area contributed by atoms with Crippen LogP contribution in [-0.4, -0.2) is 68.7 Å². The molecule has 22 heteroatoms. The Hall–Kier alpha value is -3.41. The molecule has 0 heterocycles. The summed E-state index contributed by atoms with van der Waals surface area (Å²) in [6.07, 6.45) is 1.30. The van der Waals surface area contributed by atoms with Crippen molar-refractivity contribution in [1.82, 2.24) is 5.32 Å². The Balaban J connectivity index is 0.000000762. The smallest absolute Gasteiger partial charge is 0.416 e. The third kappa shape index (κ3) is 18.8. The highest BCUT2D eigenvalue weighted by atomic mass is 79.9. The number of carboxylic acids is 2. The van der Waals surface area contributed by atoms with Crippen LogP contribution >= 0.6 is 51.1 Å². The number of ether oxygens (including phenoxy) is 1. The number of benzene rings is 3. The molecule has 0 radical (unpaired) electrons. The molecular weight excluding hydrogens is 858 g/mol. The molecule has 1 atom stereocenters. The summed E-state index contributed by atoms with van der Waals surface area (Å²) in [6, 6.07) is 10.3. The van der Waals surface area contributed by atoms with Gasteiger partial charge >= 0.3 is 18.1 Å². The molecule has 14 nitrogen and oxygen atoms in total. The van der Waals surface area contributed by atoms with Crippen molar-refractivity contribution in [2.75, 3.05) is 31.6 Å². The Morgan fingerprint density at radius 2 is 1.63 bits per heavy atom. The molecule has 0 aromatic heterocycles. The molecule has 0 fully saturated rings. The lowest BCUT2D eigenvalue weighted by Crippen LogP contribution is -2.25. The Morgan fingerprint density at radius 1 is 1.10 bits per heavy atom. The number of nitrogens with one attached hydrogen (secondary N) is 1. The second-order valence-electron chi connectivity index (χ2n) is 9.23. The molecule has 1 unspecified atom stereocenters. The number of carbonyl (C=O) groups is 2. The highest BCUT2D eigenvalue weighted by Crippen LogP contribution is 2.37. The van der Waals surface area contributed by atoms with Crippen LogP contribution in [0.1, 0.15) is 21.5 Å². The van der Waals surface area contributed by atoms with Gasteiger partial charge in [-0.05, 0) is 79.2 Å². The van der Waals surface area contributed by atoms with E-state index < -0.39 is 60.3 Å². The maximum Gasteiger partial charge on any atom is 0.416 e.